The Bertz CT molecular complexity index is 1820. The van der Waals surface area contributed by atoms with E-state index in [1.165, 1.54) is 7.11 Å². The maximum atomic E-state index is 13.5. The third-order valence-electron chi connectivity index (χ3n) is 8.07. The molecule has 0 unspecified atom stereocenters. The van der Waals surface area contributed by atoms with Gasteiger partial charge in [0.1, 0.15) is 23.9 Å². The van der Waals surface area contributed by atoms with E-state index in [-0.39, 0.29) is 12.5 Å². The number of carboxylic acid groups (broad SMARTS) is 1. The van der Waals surface area contributed by atoms with E-state index in [2.05, 4.69) is 10.3 Å². The zero-order valence-corrected chi connectivity index (χ0v) is 24.0. The highest BCUT2D eigenvalue weighted by molar-refractivity contribution is 6.00. The summed E-state index contributed by atoms with van der Waals surface area (Å²) in [7, 11) is 1.25. The Kier molecular flexibility index (Phi) is 8.07. The number of rotatable bonds is 10. The first-order chi connectivity index (χ1) is 21.3. The monoisotopic (exact) mass is 600 g/mol. The summed E-state index contributed by atoms with van der Waals surface area (Å²) in [6.07, 6.45) is 7.97. The van der Waals surface area contributed by atoms with Crippen molar-refractivity contribution in [3.8, 4) is 17.1 Å². The second-order valence-corrected chi connectivity index (χ2v) is 10.9. The number of esters is 1. The van der Waals surface area contributed by atoms with Crippen LogP contribution in [-0.4, -0.2) is 68.5 Å². The van der Waals surface area contributed by atoms with E-state index in [1.807, 2.05) is 16.7 Å². The van der Waals surface area contributed by atoms with Crippen LogP contribution in [0.3, 0.4) is 0 Å². The Morgan fingerprint density at radius 2 is 2.00 bits per heavy atom. The van der Waals surface area contributed by atoms with E-state index >= 15 is 0 Å². The smallest absolute Gasteiger partial charge is 0.341 e. The van der Waals surface area contributed by atoms with Crippen LogP contribution in [0.25, 0.3) is 33.3 Å². The number of amides is 1. The lowest BCUT2D eigenvalue weighted by Gasteiger charge is -2.30. The van der Waals surface area contributed by atoms with Crippen LogP contribution in [0.4, 0.5) is 0 Å². The highest BCUT2D eigenvalue weighted by atomic mass is 16.5. The van der Waals surface area contributed by atoms with Gasteiger partial charge in [0.2, 0.25) is 0 Å². The predicted molar refractivity (Wildman–Crippen MR) is 159 cm³/mol. The molecule has 0 aliphatic heterocycles. The second kappa shape index (κ2) is 12.3. The predicted octanol–water partition coefficient (Wildman–Crippen LogP) is 4.23. The van der Waals surface area contributed by atoms with Gasteiger partial charge in [0.25, 0.3) is 5.91 Å². The molecule has 0 spiro atoms. The second-order valence-electron chi connectivity index (χ2n) is 10.9. The van der Waals surface area contributed by atoms with Gasteiger partial charge in [0.15, 0.2) is 6.61 Å². The number of aliphatic hydroxyl groups is 1. The summed E-state index contributed by atoms with van der Waals surface area (Å²) in [5, 5.41) is 23.3. The van der Waals surface area contributed by atoms with E-state index in [0.717, 1.165) is 41.2 Å². The van der Waals surface area contributed by atoms with Crippen LogP contribution in [-0.2, 0) is 20.7 Å². The molecular formula is C32H32N4O8. The Morgan fingerprint density at radius 1 is 1.16 bits per heavy atom. The first-order valence-electron chi connectivity index (χ1n) is 14.4. The van der Waals surface area contributed by atoms with Crippen LogP contribution in [0.2, 0.25) is 0 Å². The molecule has 1 aliphatic carbocycles. The minimum atomic E-state index is -1.10. The number of furan rings is 1. The number of nitrogens with one attached hydrogen (secondary N) is 2. The fourth-order valence-electron chi connectivity index (χ4n) is 5.92. The lowest BCUT2D eigenvalue weighted by molar-refractivity contribution is -0.143. The fourth-order valence-corrected chi connectivity index (χ4v) is 5.92. The zero-order valence-electron chi connectivity index (χ0n) is 24.0. The van der Waals surface area contributed by atoms with Crippen molar-refractivity contribution in [2.24, 2.45) is 0 Å². The number of fused-ring (bicyclic) bond motifs is 2. The number of H-pyrrole nitrogens is 1. The van der Waals surface area contributed by atoms with Crippen LogP contribution in [0.1, 0.15) is 47.6 Å². The number of hydrogen-bond acceptors (Lipinski definition) is 8. The minimum absolute atomic E-state index is 0.113. The highest BCUT2D eigenvalue weighted by Crippen LogP contribution is 2.36. The molecule has 12 nitrogen and oxygen atoms in total. The Hall–Kier alpha value is -5.10. The van der Waals surface area contributed by atoms with Crippen molar-refractivity contribution < 1.29 is 38.5 Å². The summed E-state index contributed by atoms with van der Waals surface area (Å²) >= 11 is 0. The maximum absolute atomic E-state index is 13.5. The number of aromatic nitrogens is 3. The molecule has 0 radical (unpaired) electrons. The van der Waals surface area contributed by atoms with Crippen molar-refractivity contribution in [1.29, 1.82) is 0 Å². The van der Waals surface area contributed by atoms with Crippen molar-refractivity contribution in [3.05, 3.63) is 72.3 Å². The van der Waals surface area contributed by atoms with Crippen LogP contribution in [0.5, 0.6) is 5.75 Å². The quantitative estimate of drug-likeness (QED) is 0.171. The van der Waals surface area contributed by atoms with E-state index in [1.54, 1.807) is 49.1 Å². The normalized spacial score (nSPS) is 17.4. The molecule has 5 aromatic rings. The standard InChI is InChI=1S/C32H32N4O8/c1-42-32(41)25(13-20-15-33-23-8-7-21(14-22(20)23)44-17-29(38)39)35-31(40)18-6-9-26-24(12-18)34-30(19-10-11-43-16-19)36(26)27-4-2-3-5-28(27)37/h6-12,14-16,25,27-28,33,37H,2-5,13,17H2,1H3,(H,35,40)(H,38,39)/t25-,27+,28+/m0/s1. The maximum Gasteiger partial charge on any atom is 0.341 e. The lowest BCUT2D eigenvalue weighted by Crippen LogP contribution is -2.43. The van der Waals surface area contributed by atoms with Crippen LogP contribution >= 0.6 is 0 Å². The Balaban J connectivity index is 1.28. The van der Waals surface area contributed by atoms with Crippen LogP contribution < -0.4 is 10.1 Å². The molecule has 44 heavy (non-hydrogen) atoms. The summed E-state index contributed by atoms with van der Waals surface area (Å²) in [6, 6.07) is 10.9. The molecule has 3 heterocycles. The summed E-state index contributed by atoms with van der Waals surface area (Å²) in [5.41, 5.74) is 3.91. The Labute approximate surface area is 251 Å². The fraction of sp³-hybridized carbons (Fsp3) is 0.312. The first kappa shape index (κ1) is 29.0. The van der Waals surface area contributed by atoms with Gasteiger partial charge in [-0.25, -0.2) is 14.6 Å². The molecule has 1 amide bonds. The molecule has 6 rings (SSSR count). The first-order valence-corrected chi connectivity index (χ1v) is 14.4. The zero-order chi connectivity index (χ0) is 30.8. The Morgan fingerprint density at radius 3 is 2.75 bits per heavy atom. The van der Waals surface area contributed by atoms with Crippen molar-refractivity contribution >= 4 is 39.8 Å². The van der Waals surface area contributed by atoms with Gasteiger partial charge in [-0.3, -0.25) is 4.79 Å². The van der Waals surface area contributed by atoms with Gasteiger partial charge in [-0.1, -0.05) is 12.8 Å². The number of benzene rings is 2. The van der Waals surface area contributed by atoms with Crippen molar-refractivity contribution in [1.82, 2.24) is 19.9 Å². The summed E-state index contributed by atoms with van der Waals surface area (Å²) in [6.45, 7) is -0.487. The summed E-state index contributed by atoms with van der Waals surface area (Å²) in [4.78, 5) is 45.2. The van der Waals surface area contributed by atoms with Gasteiger partial charge < -0.3 is 39.0 Å². The number of aliphatic carboxylic acids is 1. The molecule has 0 bridgehead atoms. The van der Waals surface area contributed by atoms with E-state index < -0.39 is 36.6 Å². The molecule has 4 N–H and O–H groups in total. The number of hydrogen-bond donors (Lipinski definition) is 4. The van der Waals surface area contributed by atoms with Crippen molar-refractivity contribution in [2.45, 2.75) is 50.3 Å². The number of carbonyl (C=O) groups excluding carboxylic acids is 2. The van der Waals surface area contributed by atoms with Gasteiger partial charge in [0.05, 0.1) is 42.1 Å². The average molecular weight is 601 g/mol. The molecule has 228 valence electrons. The highest BCUT2D eigenvalue weighted by Gasteiger charge is 2.30. The van der Waals surface area contributed by atoms with Crippen molar-refractivity contribution in [3.63, 3.8) is 0 Å². The minimum Gasteiger partial charge on any atom is -0.482 e. The summed E-state index contributed by atoms with van der Waals surface area (Å²) in [5.74, 6) is -1.19. The largest absolute Gasteiger partial charge is 0.482 e. The van der Waals surface area contributed by atoms with Crippen LogP contribution in [0, 0.1) is 0 Å². The number of carbonyl (C=O) groups is 3. The number of imidazole rings is 1. The molecule has 3 atom stereocenters. The molecular weight excluding hydrogens is 568 g/mol. The number of carboxylic acids is 1. The van der Waals surface area contributed by atoms with E-state index in [4.69, 9.17) is 24.0 Å². The number of aliphatic hydroxyl groups excluding tert-OH is 1. The molecule has 1 aliphatic rings. The SMILES string of the molecule is COC(=O)[C@H](Cc1c[nH]c2ccc(OCC(=O)O)cc12)NC(=O)c1ccc2c(c1)nc(-c1ccoc1)n2[C@@H]1CCCC[C@H]1O. The molecule has 1 saturated carbocycles. The topological polar surface area (TPSA) is 169 Å². The average Bonchev–Trinajstić information content (AvgIpc) is 3.78. The van der Waals surface area contributed by atoms with Crippen molar-refractivity contribution in [2.75, 3.05) is 13.7 Å². The summed E-state index contributed by atoms with van der Waals surface area (Å²) < 4.78 is 17.7. The van der Waals surface area contributed by atoms with E-state index in [0.29, 0.717) is 34.6 Å². The third-order valence-corrected chi connectivity index (χ3v) is 8.07. The molecule has 12 heteroatoms. The lowest BCUT2D eigenvalue weighted by atomic mass is 9.92. The van der Waals surface area contributed by atoms with Gasteiger partial charge in [-0.2, -0.15) is 0 Å². The molecule has 3 aromatic heterocycles. The molecule has 1 fully saturated rings. The number of ether oxygens (including phenoxy) is 2. The number of nitrogens with zero attached hydrogens (tertiary/aromatic N) is 2. The van der Waals surface area contributed by atoms with E-state index in [9.17, 15) is 19.5 Å². The third kappa shape index (κ3) is 5.76. The molecule has 2 aromatic carbocycles. The van der Waals surface area contributed by atoms with Gasteiger partial charge >= 0.3 is 11.9 Å². The number of aromatic amines is 1. The van der Waals surface area contributed by atoms with Gasteiger partial charge in [0, 0.05) is 29.1 Å². The van der Waals surface area contributed by atoms with Crippen LogP contribution in [0.15, 0.2) is 65.6 Å². The van der Waals surface area contributed by atoms with Gasteiger partial charge in [-0.15, -0.1) is 0 Å². The number of methoxy groups -OCH3 is 1. The molecule has 0 saturated heterocycles. The van der Waals surface area contributed by atoms with Gasteiger partial charge in [-0.05, 0) is 60.9 Å².